The molecule has 0 bridgehead atoms. The summed E-state index contributed by atoms with van der Waals surface area (Å²) in [6.45, 7) is 1.14. The number of aromatic nitrogens is 1. The van der Waals surface area contributed by atoms with Crippen molar-refractivity contribution in [3.63, 3.8) is 0 Å². The van der Waals surface area contributed by atoms with Crippen LogP contribution >= 0.6 is 0 Å². The molecule has 1 aliphatic carbocycles. The molecule has 1 aliphatic rings. The van der Waals surface area contributed by atoms with Gasteiger partial charge in [-0.3, -0.25) is 9.69 Å². The molecule has 5 heteroatoms. The van der Waals surface area contributed by atoms with Crippen molar-refractivity contribution >= 4 is 11.7 Å². The average Bonchev–Trinajstić information content (AvgIpc) is 3.13. The zero-order valence-electron chi connectivity index (χ0n) is 10.9. The van der Waals surface area contributed by atoms with Crippen LogP contribution in [-0.4, -0.2) is 42.5 Å². The zero-order chi connectivity index (χ0) is 13.0. The molecule has 0 aliphatic heterocycles. The fourth-order valence-corrected chi connectivity index (χ4v) is 1.88. The Kier molecular flexibility index (Phi) is 4.15. The molecule has 1 heterocycles. The second kappa shape index (κ2) is 5.82. The van der Waals surface area contributed by atoms with Crippen molar-refractivity contribution in [2.75, 3.05) is 26.0 Å². The van der Waals surface area contributed by atoms with Crippen LogP contribution in [0, 0.1) is 0 Å². The maximum Gasteiger partial charge on any atom is 0.234 e. The number of carbonyl (C=O) groups excluding carboxylic acids is 1. The van der Waals surface area contributed by atoms with Crippen molar-refractivity contribution in [2.24, 2.45) is 0 Å². The van der Waals surface area contributed by atoms with E-state index in [0.29, 0.717) is 19.1 Å². The van der Waals surface area contributed by atoms with Crippen LogP contribution in [0.5, 0.6) is 0 Å². The molecule has 0 spiro atoms. The Morgan fingerprint density at radius 1 is 1.56 bits per heavy atom. The first kappa shape index (κ1) is 12.8. The smallest absolute Gasteiger partial charge is 0.234 e. The van der Waals surface area contributed by atoms with E-state index in [-0.39, 0.29) is 5.91 Å². The summed E-state index contributed by atoms with van der Waals surface area (Å²) >= 11 is 0. The third-order valence-corrected chi connectivity index (χ3v) is 2.92. The van der Waals surface area contributed by atoms with Crippen LogP contribution in [0.15, 0.2) is 18.3 Å². The first-order valence-corrected chi connectivity index (χ1v) is 6.28. The summed E-state index contributed by atoms with van der Waals surface area (Å²) in [5.74, 6) is 0.974. The van der Waals surface area contributed by atoms with Crippen molar-refractivity contribution in [1.82, 2.24) is 15.2 Å². The number of likely N-dealkylation sites (N-methyl/N-ethyl adjacent to an activating group) is 1. The van der Waals surface area contributed by atoms with Crippen LogP contribution in [0.1, 0.15) is 18.4 Å². The highest BCUT2D eigenvalue weighted by molar-refractivity contribution is 5.78. The minimum absolute atomic E-state index is 0.106. The maximum absolute atomic E-state index is 11.7. The molecule has 18 heavy (non-hydrogen) atoms. The van der Waals surface area contributed by atoms with Crippen LogP contribution in [0.3, 0.4) is 0 Å². The van der Waals surface area contributed by atoms with E-state index in [1.165, 1.54) is 0 Å². The Morgan fingerprint density at radius 2 is 2.33 bits per heavy atom. The molecule has 98 valence electrons. The highest BCUT2D eigenvalue weighted by atomic mass is 16.2. The molecule has 2 rings (SSSR count). The van der Waals surface area contributed by atoms with E-state index < -0.39 is 0 Å². The van der Waals surface area contributed by atoms with Gasteiger partial charge in [0.15, 0.2) is 0 Å². The first-order chi connectivity index (χ1) is 8.69. The molecule has 5 nitrogen and oxygen atoms in total. The minimum atomic E-state index is 0.106. The van der Waals surface area contributed by atoms with Crippen LogP contribution in [-0.2, 0) is 11.3 Å². The molecule has 0 radical (unpaired) electrons. The summed E-state index contributed by atoms with van der Waals surface area (Å²) in [4.78, 5) is 17.9. The summed E-state index contributed by atoms with van der Waals surface area (Å²) in [7, 11) is 3.80. The third-order valence-electron chi connectivity index (χ3n) is 2.92. The van der Waals surface area contributed by atoms with Crippen molar-refractivity contribution < 1.29 is 4.79 Å². The second-order valence-electron chi connectivity index (χ2n) is 4.78. The first-order valence-electron chi connectivity index (χ1n) is 6.28. The van der Waals surface area contributed by atoms with Gasteiger partial charge in [-0.1, -0.05) is 6.07 Å². The molecule has 1 saturated carbocycles. The molecule has 2 N–H and O–H groups in total. The molecule has 1 amide bonds. The number of carbonyl (C=O) groups is 1. The number of amides is 1. The maximum atomic E-state index is 11.7. The predicted molar refractivity (Wildman–Crippen MR) is 71.3 cm³/mol. The van der Waals surface area contributed by atoms with Crippen LogP contribution in [0.2, 0.25) is 0 Å². The molecular formula is C13H20N4O. The topological polar surface area (TPSA) is 57.3 Å². The van der Waals surface area contributed by atoms with Gasteiger partial charge in [0.25, 0.3) is 0 Å². The molecule has 0 unspecified atom stereocenters. The van der Waals surface area contributed by atoms with Crippen molar-refractivity contribution in [1.29, 1.82) is 0 Å². The molecule has 1 aromatic heterocycles. The van der Waals surface area contributed by atoms with E-state index >= 15 is 0 Å². The Morgan fingerprint density at radius 3 is 3.00 bits per heavy atom. The summed E-state index contributed by atoms with van der Waals surface area (Å²) in [6.07, 6.45) is 4.01. The average molecular weight is 248 g/mol. The highest BCUT2D eigenvalue weighted by Gasteiger charge is 2.23. The molecular weight excluding hydrogens is 228 g/mol. The van der Waals surface area contributed by atoms with Gasteiger partial charge in [-0.15, -0.1) is 0 Å². The Hall–Kier alpha value is -1.62. The standard InChI is InChI=1S/C13H20N4O/c1-14-13-10(4-3-7-15-13)8-17(2)9-12(18)16-11-5-6-11/h3-4,7,11H,5-6,8-9H2,1-2H3,(H,14,15)(H,16,18). The van der Waals surface area contributed by atoms with E-state index in [4.69, 9.17) is 0 Å². The predicted octanol–water partition coefficient (Wildman–Crippen LogP) is 0.834. The number of anilines is 1. The van der Waals surface area contributed by atoms with E-state index in [1.54, 1.807) is 6.20 Å². The van der Waals surface area contributed by atoms with E-state index in [2.05, 4.69) is 15.6 Å². The van der Waals surface area contributed by atoms with Gasteiger partial charge < -0.3 is 10.6 Å². The monoisotopic (exact) mass is 248 g/mol. The molecule has 0 aromatic carbocycles. The number of rotatable bonds is 6. The fourth-order valence-electron chi connectivity index (χ4n) is 1.88. The van der Waals surface area contributed by atoms with Gasteiger partial charge >= 0.3 is 0 Å². The summed E-state index contributed by atoms with van der Waals surface area (Å²) in [5, 5.41) is 6.05. The number of hydrogen-bond acceptors (Lipinski definition) is 4. The number of nitrogens with zero attached hydrogens (tertiary/aromatic N) is 2. The SMILES string of the molecule is CNc1ncccc1CN(C)CC(=O)NC1CC1. The summed E-state index contributed by atoms with van der Waals surface area (Å²) in [6, 6.07) is 4.36. The highest BCUT2D eigenvalue weighted by Crippen LogP contribution is 2.18. The number of nitrogens with one attached hydrogen (secondary N) is 2. The lowest BCUT2D eigenvalue weighted by atomic mass is 10.2. The van der Waals surface area contributed by atoms with Gasteiger partial charge in [-0.2, -0.15) is 0 Å². The molecule has 1 aromatic rings. The van der Waals surface area contributed by atoms with Gasteiger partial charge in [0.1, 0.15) is 5.82 Å². The minimum Gasteiger partial charge on any atom is -0.373 e. The summed E-state index contributed by atoms with van der Waals surface area (Å²) in [5.41, 5.74) is 1.10. The van der Waals surface area contributed by atoms with Gasteiger partial charge in [0.05, 0.1) is 6.54 Å². The fraction of sp³-hybridized carbons (Fsp3) is 0.538. The van der Waals surface area contributed by atoms with E-state index in [9.17, 15) is 4.79 Å². The van der Waals surface area contributed by atoms with Crippen LogP contribution in [0.4, 0.5) is 5.82 Å². The van der Waals surface area contributed by atoms with E-state index in [0.717, 1.165) is 24.2 Å². The van der Waals surface area contributed by atoms with Gasteiger partial charge in [0, 0.05) is 31.4 Å². The molecule has 0 atom stereocenters. The zero-order valence-corrected chi connectivity index (χ0v) is 10.9. The van der Waals surface area contributed by atoms with Crippen LogP contribution in [0.25, 0.3) is 0 Å². The van der Waals surface area contributed by atoms with Crippen molar-refractivity contribution in [2.45, 2.75) is 25.4 Å². The van der Waals surface area contributed by atoms with Gasteiger partial charge in [-0.25, -0.2) is 4.98 Å². The lowest BCUT2D eigenvalue weighted by molar-refractivity contribution is -0.122. The van der Waals surface area contributed by atoms with E-state index in [1.807, 2.05) is 31.1 Å². The normalized spacial score (nSPS) is 14.6. The quantitative estimate of drug-likeness (QED) is 0.783. The second-order valence-corrected chi connectivity index (χ2v) is 4.78. The lowest BCUT2D eigenvalue weighted by Crippen LogP contribution is -2.36. The Bertz CT molecular complexity index is 417. The van der Waals surface area contributed by atoms with Gasteiger partial charge in [0.2, 0.25) is 5.91 Å². The van der Waals surface area contributed by atoms with Crippen LogP contribution < -0.4 is 10.6 Å². The Balaban J connectivity index is 1.85. The third kappa shape index (κ3) is 3.70. The largest absolute Gasteiger partial charge is 0.373 e. The van der Waals surface area contributed by atoms with Gasteiger partial charge in [-0.05, 0) is 26.0 Å². The molecule has 1 fully saturated rings. The Labute approximate surface area is 108 Å². The number of pyridine rings is 1. The number of hydrogen-bond donors (Lipinski definition) is 2. The van der Waals surface area contributed by atoms with Crippen molar-refractivity contribution in [3.8, 4) is 0 Å². The lowest BCUT2D eigenvalue weighted by Gasteiger charge is -2.17. The summed E-state index contributed by atoms with van der Waals surface area (Å²) < 4.78 is 0. The molecule has 0 saturated heterocycles. The van der Waals surface area contributed by atoms with Crippen molar-refractivity contribution in [3.05, 3.63) is 23.9 Å².